The number of rotatable bonds is 4. The van der Waals surface area contributed by atoms with E-state index in [1.54, 1.807) is 30.3 Å². The Morgan fingerprint density at radius 3 is 2.54 bits per heavy atom. The van der Waals surface area contributed by atoms with Crippen LogP contribution < -0.4 is 5.32 Å². The smallest absolute Gasteiger partial charge is 0.294 e. The van der Waals surface area contributed by atoms with Crippen LogP contribution in [-0.4, -0.2) is 28.5 Å². The maximum Gasteiger partial charge on any atom is 0.294 e. The topological polar surface area (TPSA) is 66.5 Å². The molecule has 7 heteroatoms. The summed E-state index contributed by atoms with van der Waals surface area (Å²) >= 11 is 6.63. The van der Waals surface area contributed by atoms with Gasteiger partial charge < -0.3 is 5.32 Å². The van der Waals surface area contributed by atoms with Gasteiger partial charge in [-0.05, 0) is 60.2 Å². The Balaban J connectivity index is 1.70. The molecule has 2 aromatic carbocycles. The number of amides is 3. The molecule has 0 atom stereocenters. The number of nitrogens with zero attached hydrogens (tertiary/aromatic N) is 1. The molecule has 0 spiro atoms. The average Bonchev–Trinajstić information content (AvgIpc) is 2.86. The fraction of sp³-hybridized carbons (Fsp3) is 0.105. The number of halogens is 1. The molecule has 0 unspecified atom stereocenters. The van der Waals surface area contributed by atoms with Crippen molar-refractivity contribution in [1.29, 1.82) is 0 Å². The second kappa shape index (κ2) is 7.76. The van der Waals surface area contributed by atoms with Gasteiger partial charge in [-0.3, -0.25) is 19.3 Å². The van der Waals surface area contributed by atoms with Crippen LogP contribution in [0.25, 0.3) is 6.08 Å². The van der Waals surface area contributed by atoms with E-state index in [-0.39, 0.29) is 6.54 Å². The molecule has 1 saturated heterocycles. The Bertz CT molecular complexity index is 909. The second-order valence-corrected chi connectivity index (χ2v) is 7.11. The van der Waals surface area contributed by atoms with Crippen LogP contribution in [0.3, 0.4) is 0 Å². The summed E-state index contributed by atoms with van der Waals surface area (Å²) in [6.07, 6.45) is 1.68. The van der Waals surface area contributed by atoms with Crippen molar-refractivity contribution in [2.24, 2.45) is 0 Å². The summed E-state index contributed by atoms with van der Waals surface area (Å²) < 4.78 is 0. The van der Waals surface area contributed by atoms with Crippen LogP contribution in [0.5, 0.6) is 0 Å². The van der Waals surface area contributed by atoms with E-state index in [2.05, 4.69) is 5.32 Å². The highest BCUT2D eigenvalue weighted by Gasteiger charge is 2.36. The van der Waals surface area contributed by atoms with Crippen molar-refractivity contribution in [3.05, 3.63) is 69.6 Å². The summed E-state index contributed by atoms with van der Waals surface area (Å²) in [5, 5.41) is 2.73. The van der Waals surface area contributed by atoms with Crippen LogP contribution in [0.15, 0.2) is 53.4 Å². The largest absolute Gasteiger partial charge is 0.325 e. The fourth-order valence-electron chi connectivity index (χ4n) is 2.40. The van der Waals surface area contributed by atoms with Gasteiger partial charge in [-0.1, -0.05) is 35.9 Å². The lowest BCUT2D eigenvalue weighted by molar-refractivity contribution is -0.127. The van der Waals surface area contributed by atoms with E-state index in [4.69, 9.17) is 11.6 Å². The molecule has 3 amide bonds. The molecule has 1 fully saturated rings. The maximum atomic E-state index is 12.5. The molecule has 3 rings (SSSR count). The number of carbonyl (C=O) groups is 3. The number of aryl methyl sites for hydroxylation is 1. The van der Waals surface area contributed by atoms with Gasteiger partial charge in [0, 0.05) is 10.7 Å². The van der Waals surface area contributed by atoms with Crippen molar-refractivity contribution in [2.75, 3.05) is 11.9 Å². The Morgan fingerprint density at radius 1 is 1.15 bits per heavy atom. The number of nitrogens with one attached hydrogen (secondary N) is 1. The molecule has 1 aliphatic rings. The minimum Gasteiger partial charge on any atom is -0.325 e. The summed E-state index contributed by atoms with van der Waals surface area (Å²) in [7, 11) is 0. The minimum absolute atomic E-state index is 0.309. The van der Waals surface area contributed by atoms with Crippen molar-refractivity contribution in [1.82, 2.24) is 4.90 Å². The van der Waals surface area contributed by atoms with Crippen molar-refractivity contribution in [2.45, 2.75) is 6.92 Å². The lowest BCUT2D eigenvalue weighted by Crippen LogP contribution is -2.36. The van der Waals surface area contributed by atoms with Gasteiger partial charge in [-0.25, -0.2) is 0 Å². The predicted molar refractivity (Wildman–Crippen MR) is 104 cm³/mol. The molecule has 1 aliphatic heterocycles. The van der Waals surface area contributed by atoms with E-state index < -0.39 is 17.1 Å². The van der Waals surface area contributed by atoms with Crippen molar-refractivity contribution in [3.63, 3.8) is 0 Å². The van der Waals surface area contributed by atoms with Crippen LogP contribution >= 0.6 is 23.4 Å². The van der Waals surface area contributed by atoms with Gasteiger partial charge in [0.25, 0.3) is 11.1 Å². The number of carbonyl (C=O) groups excluding carboxylic acids is 3. The van der Waals surface area contributed by atoms with Crippen LogP contribution in [0, 0.1) is 6.92 Å². The number of imide groups is 1. The Labute approximate surface area is 160 Å². The van der Waals surface area contributed by atoms with Crippen molar-refractivity contribution in [3.8, 4) is 0 Å². The Hall–Kier alpha value is -2.57. The van der Waals surface area contributed by atoms with Gasteiger partial charge in [0.1, 0.15) is 6.54 Å². The summed E-state index contributed by atoms with van der Waals surface area (Å²) in [5.74, 6) is -0.915. The number of hydrogen-bond donors (Lipinski definition) is 1. The van der Waals surface area contributed by atoms with Crippen LogP contribution in [-0.2, 0) is 9.59 Å². The standard InChI is InChI=1S/C19H15ClN2O3S/c1-12-4-2-3-5-13(12)10-16-18(24)22(19(25)26-16)11-17(23)21-15-8-6-14(20)7-9-15/h2-10H,11H2,1H3,(H,21,23)/b16-10+. The third-order valence-electron chi connectivity index (χ3n) is 3.78. The molecule has 26 heavy (non-hydrogen) atoms. The quantitative estimate of drug-likeness (QED) is 0.794. The molecule has 1 heterocycles. The fourth-order valence-corrected chi connectivity index (χ4v) is 3.36. The Morgan fingerprint density at radius 2 is 1.85 bits per heavy atom. The summed E-state index contributed by atoms with van der Waals surface area (Å²) in [4.78, 5) is 38.0. The zero-order valence-corrected chi connectivity index (χ0v) is 15.4. The highest BCUT2D eigenvalue weighted by molar-refractivity contribution is 8.18. The van der Waals surface area contributed by atoms with Gasteiger partial charge in [0.2, 0.25) is 5.91 Å². The van der Waals surface area contributed by atoms with Crippen LogP contribution in [0.2, 0.25) is 5.02 Å². The molecule has 0 aliphatic carbocycles. The van der Waals surface area contributed by atoms with Crippen molar-refractivity contribution < 1.29 is 14.4 Å². The van der Waals surface area contributed by atoms with Gasteiger partial charge in [0.05, 0.1) is 4.91 Å². The molecule has 132 valence electrons. The monoisotopic (exact) mass is 386 g/mol. The van der Waals surface area contributed by atoms with E-state index in [1.165, 1.54) is 0 Å². The summed E-state index contributed by atoms with van der Waals surface area (Å²) in [5.41, 5.74) is 2.41. The van der Waals surface area contributed by atoms with E-state index in [9.17, 15) is 14.4 Å². The average molecular weight is 387 g/mol. The number of benzene rings is 2. The molecular weight excluding hydrogens is 372 g/mol. The van der Waals surface area contributed by atoms with Crippen LogP contribution in [0.4, 0.5) is 10.5 Å². The van der Waals surface area contributed by atoms with Gasteiger partial charge in [-0.2, -0.15) is 0 Å². The van der Waals surface area contributed by atoms with Gasteiger partial charge in [-0.15, -0.1) is 0 Å². The molecule has 0 aromatic heterocycles. The number of anilines is 1. The van der Waals surface area contributed by atoms with E-state index in [0.29, 0.717) is 15.6 Å². The summed E-state index contributed by atoms with van der Waals surface area (Å²) in [6.45, 7) is 1.59. The molecule has 1 N–H and O–H groups in total. The van der Waals surface area contributed by atoms with Gasteiger partial charge >= 0.3 is 0 Å². The predicted octanol–water partition coefficient (Wildman–Crippen LogP) is 4.32. The third-order valence-corrected chi connectivity index (χ3v) is 4.94. The van der Waals surface area contributed by atoms with Crippen LogP contribution in [0.1, 0.15) is 11.1 Å². The maximum absolute atomic E-state index is 12.5. The molecule has 5 nitrogen and oxygen atoms in total. The molecule has 0 bridgehead atoms. The first-order chi connectivity index (χ1) is 12.4. The van der Waals surface area contributed by atoms with E-state index >= 15 is 0 Å². The molecular formula is C19H15ClN2O3S. The number of thioether (sulfide) groups is 1. The van der Waals surface area contributed by atoms with E-state index in [1.807, 2.05) is 31.2 Å². The molecule has 0 radical (unpaired) electrons. The highest BCUT2D eigenvalue weighted by atomic mass is 35.5. The zero-order chi connectivity index (χ0) is 18.7. The first-order valence-corrected chi connectivity index (χ1v) is 9.00. The minimum atomic E-state index is -0.463. The first kappa shape index (κ1) is 18.2. The molecule has 2 aromatic rings. The molecule has 0 saturated carbocycles. The zero-order valence-electron chi connectivity index (χ0n) is 13.9. The third kappa shape index (κ3) is 4.15. The van der Waals surface area contributed by atoms with Crippen molar-refractivity contribution >= 4 is 52.2 Å². The summed E-state index contributed by atoms with van der Waals surface area (Å²) in [6, 6.07) is 14.1. The van der Waals surface area contributed by atoms with Gasteiger partial charge in [0.15, 0.2) is 0 Å². The number of hydrogen-bond acceptors (Lipinski definition) is 4. The second-order valence-electron chi connectivity index (χ2n) is 5.68. The van der Waals surface area contributed by atoms with E-state index in [0.717, 1.165) is 27.8 Å². The SMILES string of the molecule is Cc1ccccc1/C=C1/SC(=O)N(CC(=O)Nc2ccc(Cl)cc2)C1=O. The normalized spacial score (nSPS) is 15.6. The lowest BCUT2D eigenvalue weighted by Gasteiger charge is -2.12. The first-order valence-electron chi connectivity index (χ1n) is 7.80. The Kier molecular flexibility index (Phi) is 5.44. The highest BCUT2D eigenvalue weighted by Crippen LogP contribution is 2.32. The lowest BCUT2D eigenvalue weighted by atomic mass is 10.1.